The average molecular weight is 499 g/mol. The van der Waals surface area contributed by atoms with Crippen LogP contribution >= 0.6 is 0 Å². The second-order valence-electron chi connectivity index (χ2n) is 7.45. The topological polar surface area (TPSA) is 47.9 Å². The summed E-state index contributed by atoms with van der Waals surface area (Å²) in [4.78, 5) is 16.3. The Bertz CT molecular complexity index is 1120. The molecule has 1 aliphatic rings. The molecule has 0 N–H and O–H groups in total. The molecule has 2 aromatic rings. The van der Waals surface area contributed by atoms with Gasteiger partial charge in [-0.25, -0.2) is 4.79 Å². The molecule has 4 nitrogen and oxygen atoms in total. The van der Waals surface area contributed by atoms with Gasteiger partial charge in [0, 0.05) is 12.0 Å². The molecule has 2 aromatic carbocycles. The highest BCUT2D eigenvalue weighted by Crippen LogP contribution is 2.50. The van der Waals surface area contributed by atoms with Gasteiger partial charge in [-0.05, 0) is 48.4 Å². The summed E-state index contributed by atoms with van der Waals surface area (Å²) < 4.78 is 126. The molecule has 0 amide bonds. The van der Waals surface area contributed by atoms with Crippen molar-refractivity contribution < 1.29 is 53.9 Å². The fourth-order valence-corrected chi connectivity index (χ4v) is 3.43. The number of ether oxygens (including phenoxy) is 1. The van der Waals surface area contributed by atoms with Crippen LogP contribution in [0.4, 0.5) is 39.5 Å². The number of halogens is 9. The monoisotopic (exact) mass is 499 g/mol. The molecule has 0 fully saturated rings. The maximum absolute atomic E-state index is 14.1. The van der Waals surface area contributed by atoms with Gasteiger partial charge in [0.05, 0.1) is 29.5 Å². The maximum Gasteiger partial charge on any atom is 0.435 e. The van der Waals surface area contributed by atoms with Crippen molar-refractivity contribution in [2.45, 2.75) is 37.5 Å². The van der Waals surface area contributed by atoms with Gasteiger partial charge in [0.2, 0.25) is 0 Å². The van der Waals surface area contributed by atoms with Crippen molar-refractivity contribution in [2.75, 3.05) is 7.11 Å². The Morgan fingerprint density at radius 3 is 1.94 bits per heavy atom. The number of alkyl halides is 9. The van der Waals surface area contributed by atoms with Crippen LogP contribution in [-0.4, -0.2) is 25.0 Å². The zero-order chi connectivity index (χ0) is 25.7. The number of carbonyl (C=O) groups excluding carboxylic acids is 1. The third-order valence-corrected chi connectivity index (χ3v) is 5.20. The van der Waals surface area contributed by atoms with Gasteiger partial charge in [0.25, 0.3) is 5.60 Å². The standard InChI is InChI=1S/C21H14F9NO3/c1-10-5-11(3-4-15(10)17(32)33-2)16-9-18(34-31-16,21(28,29)30)12-6-13(19(22,23)24)8-14(7-12)20(25,26)27/h3-8H,9H2,1-2H3. The molecule has 34 heavy (non-hydrogen) atoms. The Hall–Kier alpha value is -3.25. The summed E-state index contributed by atoms with van der Waals surface area (Å²) in [5.74, 6) is -0.720. The molecule has 184 valence electrons. The van der Waals surface area contributed by atoms with Crippen LogP contribution in [0.5, 0.6) is 0 Å². The zero-order valence-corrected chi connectivity index (χ0v) is 17.2. The van der Waals surface area contributed by atoms with Gasteiger partial charge in [0.1, 0.15) is 0 Å². The average Bonchev–Trinajstić information content (AvgIpc) is 3.18. The minimum absolute atomic E-state index is 0.0271. The Labute approximate surface area is 185 Å². The van der Waals surface area contributed by atoms with Crippen LogP contribution < -0.4 is 0 Å². The fourth-order valence-electron chi connectivity index (χ4n) is 3.43. The van der Waals surface area contributed by atoms with E-state index in [1.807, 2.05) is 0 Å². The van der Waals surface area contributed by atoms with Crippen LogP contribution in [0.2, 0.25) is 0 Å². The van der Waals surface area contributed by atoms with Crippen LogP contribution in [0, 0.1) is 6.92 Å². The van der Waals surface area contributed by atoms with E-state index >= 15 is 0 Å². The summed E-state index contributed by atoms with van der Waals surface area (Å²) in [6.07, 6.45) is -17.4. The quantitative estimate of drug-likeness (QED) is 0.363. The number of methoxy groups -OCH3 is 1. The Morgan fingerprint density at radius 1 is 0.941 bits per heavy atom. The normalized spacial score (nSPS) is 19.0. The molecule has 0 radical (unpaired) electrons. The molecule has 1 heterocycles. The predicted octanol–water partition coefficient (Wildman–Crippen LogP) is 6.40. The molecule has 0 bridgehead atoms. The number of hydrogen-bond donors (Lipinski definition) is 0. The lowest BCUT2D eigenvalue weighted by Gasteiger charge is -2.30. The summed E-state index contributed by atoms with van der Waals surface area (Å²) in [5.41, 5.74) is -8.81. The third kappa shape index (κ3) is 4.55. The van der Waals surface area contributed by atoms with Crippen LogP contribution in [-0.2, 0) is 27.5 Å². The predicted molar refractivity (Wildman–Crippen MR) is 98.9 cm³/mol. The van der Waals surface area contributed by atoms with Crippen molar-refractivity contribution in [3.05, 3.63) is 69.8 Å². The van der Waals surface area contributed by atoms with Gasteiger partial charge >= 0.3 is 24.5 Å². The zero-order valence-electron chi connectivity index (χ0n) is 17.2. The number of esters is 1. The summed E-state index contributed by atoms with van der Waals surface area (Å²) in [6.45, 7) is 1.45. The number of carbonyl (C=O) groups is 1. The second-order valence-corrected chi connectivity index (χ2v) is 7.45. The molecular weight excluding hydrogens is 485 g/mol. The lowest BCUT2D eigenvalue weighted by Crippen LogP contribution is -2.43. The lowest BCUT2D eigenvalue weighted by molar-refractivity contribution is -0.276. The Balaban J connectivity index is 2.12. The van der Waals surface area contributed by atoms with Crippen molar-refractivity contribution in [3.8, 4) is 0 Å². The summed E-state index contributed by atoms with van der Waals surface area (Å²) in [7, 11) is 1.12. The minimum Gasteiger partial charge on any atom is -0.465 e. The van der Waals surface area contributed by atoms with Gasteiger partial charge in [-0.15, -0.1) is 0 Å². The first kappa shape index (κ1) is 25.4. The van der Waals surface area contributed by atoms with Gasteiger partial charge in [0.15, 0.2) is 0 Å². The first-order chi connectivity index (χ1) is 15.5. The molecule has 1 unspecified atom stereocenters. The number of hydrogen-bond acceptors (Lipinski definition) is 4. The Kier molecular flexibility index (Phi) is 6.12. The van der Waals surface area contributed by atoms with E-state index in [2.05, 4.69) is 14.7 Å². The molecule has 1 atom stereocenters. The van der Waals surface area contributed by atoms with E-state index in [1.54, 1.807) is 0 Å². The van der Waals surface area contributed by atoms with Crippen LogP contribution in [0.15, 0.2) is 41.6 Å². The van der Waals surface area contributed by atoms with Gasteiger partial charge in [-0.2, -0.15) is 39.5 Å². The number of aryl methyl sites for hydroxylation is 1. The van der Waals surface area contributed by atoms with Crippen molar-refractivity contribution >= 4 is 11.7 Å². The highest BCUT2D eigenvalue weighted by atomic mass is 19.4. The molecule has 0 saturated heterocycles. The van der Waals surface area contributed by atoms with E-state index in [0.29, 0.717) is 0 Å². The fraction of sp³-hybridized carbons (Fsp3) is 0.333. The number of oxime groups is 1. The molecule has 0 saturated carbocycles. The number of nitrogens with zero attached hydrogens (tertiary/aromatic N) is 1. The molecule has 13 heteroatoms. The molecule has 0 aromatic heterocycles. The summed E-state index contributed by atoms with van der Waals surface area (Å²) >= 11 is 0. The van der Waals surface area contributed by atoms with Crippen molar-refractivity contribution in [2.24, 2.45) is 5.16 Å². The van der Waals surface area contributed by atoms with Crippen LogP contribution in [0.1, 0.15) is 44.6 Å². The molecule has 0 spiro atoms. The molecule has 1 aliphatic heterocycles. The highest BCUT2D eigenvalue weighted by Gasteiger charge is 2.63. The van der Waals surface area contributed by atoms with Crippen molar-refractivity contribution in [3.63, 3.8) is 0 Å². The largest absolute Gasteiger partial charge is 0.465 e. The van der Waals surface area contributed by atoms with E-state index in [0.717, 1.165) is 7.11 Å². The van der Waals surface area contributed by atoms with E-state index < -0.39 is 53.2 Å². The smallest absolute Gasteiger partial charge is 0.435 e. The van der Waals surface area contributed by atoms with Crippen molar-refractivity contribution in [1.29, 1.82) is 0 Å². The molecule has 0 aliphatic carbocycles. The van der Waals surface area contributed by atoms with Crippen LogP contribution in [0.3, 0.4) is 0 Å². The van der Waals surface area contributed by atoms with Gasteiger partial charge in [-0.1, -0.05) is 11.2 Å². The van der Waals surface area contributed by atoms with Gasteiger partial charge in [-0.3, -0.25) is 0 Å². The first-order valence-electron chi connectivity index (χ1n) is 9.30. The molecule has 3 rings (SSSR count). The number of benzene rings is 2. The molecular formula is C21H14F9NO3. The van der Waals surface area contributed by atoms with E-state index in [4.69, 9.17) is 0 Å². The van der Waals surface area contributed by atoms with E-state index in [1.165, 1.54) is 25.1 Å². The SMILES string of the molecule is COC(=O)c1ccc(C2=NOC(c3cc(C(F)(F)F)cc(C(F)(F)F)c3)(C(F)(F)F)C2)cc1C. The Morgan fingerprint density at radius 2 is 1.50 bits per heavy atom. The van der Waals surface area contributed by atoms with Crippen molar-refractivity contribution in [1.82, 2.24) is 0 Å². The first-order valence-corrected chi connectivity index (χ1v) is 9.30. The van der Waals surface area contributed by atoms with E-state index in [-0.39, 0.29) is 40.6 Å². The van der Waals surface area contributed by atoms with Crippen LogP contribution in [0.25, 0.3) is 0 Å². The second kappa shape index (κ2) is 8.20. The summed E-state index contributed by atoms with van der Waals surface area (Å²) in [6, 6.07) is 3.37. The maximum atomic E-state index is 14.1. The summed E-state index contributed by atoms with van der Waals surface area (Å²) in [5, 5.41) is 3.34. The lowest BCUT2D eigenvalue weighted by atomic mass is 9.84. The van der Waals surface area contributed by atoms with Gasteiger partial charge < -0.3 is 9.57 Å². The third-order valence-electron chi connectivity index (χ3n) is 5.20. The number of rotatable bonds is 3. The van der Waals surface area contributed by atoms with E-state index in [9.17, 15) is 44.3 Å². The minimum atomic E-state index is -5.44. The highest BCUT2D eigenvalue weighted by molar-refractivity contribution is 6.03.